The highest BCUT2D eigenvalue weighted by atomic mass is 32.2. The van der Waals surface area contributed by atoms with Crippen molar-refractivity contribution in [3.8, 4) is 11.5 Å². The fourth-order valence-electron chi connectivity index (χ4n) is 3.41. The number of piperidine rings is 1. The zero-order valence-corrected chi connectivity index (χ0v) is 18.8. The molecule has 0 bridgehead atoms. The molecule has 172 valence electrons. The molecular weight excluding hydrogens is 436 g/mol. The first-order valence-corrected chi connectivity index (χ1v) is 11.6. The van der Waals surface area contributed by atoms with Gasteiger partial charge in [-0.25, -0.2) is 13.2 Å². The number of anilines is 1. The van der Waals surface area contributed by atoms with Crippen LogP contribution in [0, 0.1) is 0 Å². The molecule has 0 atom stereocenters. The maximum atomic E-state index is 12.9. The van der Waals surface area contributed by atoms with E-state index in [2.05, 4.69) is 5.32 Å². The van der Waals surface area contributed by atoms with Crippen LogP contribution in [-0.4, -0.2) is 58.5 Å². The van der Waals surface area contributed by atoms with E-state index in [1.165, 1.54) is 42.8 Å². The first-order chi connectivity index (χ1) is 15.4. The van der Waals surface area contributed by atoms with E-state index in [0.717, 1.165) is 19.3 Å². The number of ether oxygens (including phenoxy) is 3. The molecule has 2 aromatic rings. The summed E-state index contributed by atoms with van der Waals surface area (Å²) in [5.41, 5.74) is 0.360. The van der Waals surface area contributed by atoms with Gasteiger partial charge in [-0.05, 0) is 43.2 Å². The smallest absolute Gasteiger partial charge is 0.342 e. The summed E-state index contributed by atoms with van der Waals surface area (Å²) in [6.07, 6.45) is 2.64. The second-order valence-electron chi connectivity index (χ2n) is 7.15. The number of benzene rings is 2. The second kappa shape index (κ2) is 10.5. The molecule has 0 radical (unpaired) electrons. The van der Waals surface area contributed by atoms with Gasteiger partial charge in [0.15, 0.2) is 6.61 Å². The van der Waals surface area contributed by atoms with Crippen molar-refractivity contribution in [2.75, 3.05) is 39.2 Å². The van der Waals surface area contributed by atoms with Crippen LogP contribution in [0.1, 0.15) is 29.6 Å². The molecule has 3 rings (SSSR count). The van der Waals surface area contributed by atoms with Gasteiger partial charge in [-0.3, -0.25) is 4.79 Å². The van der Waals surface area contributed by atoms with Gasteiger partial charge >= 0.3 is 5.97 Å². The van der Waals surface area contributed by atoms with Gasteiger partial charge in [0, 0.05) is 13.1 Å². The maximum absolute atomic E-state index is 12.9. The fourth-order valence-corrected chi connectivity index (χ4v) is 4.95. The highest BCUT2D eigenvalue weighted by Crippen LogP contribution is 2.30. The summed E-state index contributed by atoms with van der Waals surface area (Å²) in [5, 5.41) is 2.56. The molecule has 1 N–H and O–H groups in total. The molecular formula is C22H26N2O7S. The Balaban J connectivity index is 1.71. The number of hydrogen-bond donors (Lipinski definition) is 1. The number of para-hydroxylation sites is 1. The summed E-state index contributed by atoms with van der Waals surface area (Å²) in [7, 11) is -0.853. The highest BCUT2D eigenvalue weighted by Gasteiger charge is 2.27. The SMILES string of the molecule is COc1ccc(S(=O)(=O)N2CCCCC2)cc1NC(=O)COC(=O)c1ccccc1OC. The first kappa shape index (κ1) is 23.6. The predicted octanol–water partition coefficient (Wildman–Crippen LogP) is 2.67. The van der Waals surface area contributed by atoms with E-state index in [-0.39, 0.29) is 21.9 Å². The molecule has 0 saturated carbocycles. The average Bonchev–Trinajstić information content (AvgIpc) is 2.83. The van der Waals surface area contributed by atoms with E-state index in [1.54, 1.807) is 18.2 Å². The minimum Gasteiger partial charge on any atom is -0.496 e. The Morgan fingerprint density at radius 3 is 2.34 bits per heavy atom. The molecule has 10 heteroatoms. The Kier molecular flexibility index (Phi) is 7.70. The quantitative estimate of drug-likeness (QED) is 0.601. The topological polar surface area (TPSA) is 111 Å². The molecule has 0 unspecified atom stereocenters. The molecule has 1 saturated heterocycles. The Bertz CT molecular complexity index is 1080. The van der Waals surface area contributed by atoms with Crippen molar-refractivity contribution in [1.29, 1.82) is 0 Å². The summed E-state index contributed by atoms with van der Waals surface area (Å²) in [4.78, 5) is 24.7. The van der Waals surface area contributed by atoms with E-state index in [1.807, 2.05) is 0 Å². The summed E-state index contributed by atoms with van der Waals surface area (Å²) < 4.78 is 42.8. The molecule has 1 heterocycles. The Morgan fingerprint density at radius 2 is 1.66 bits per heavy atom. The Labute approximate surface area is 187 Å². The molecule has 1 fully saturated rings. The van der Waals surface area contributed by atoms with Crippen LogP contribution in [0.15, 0.2) is 47.4 Å². The Morgan fingerprint density at radius 1 is 0.969 bits per heavy atom. The zero-order valence-electron chi connectivity index (χ0n) is 18.0. The number of sulfonamides is 1. The van der Waals surface area contributed by atoms with E-state index >= 15 is 0 Å². The average molecular weight is 463 g/mol. The first-order valence-electron chi connectivity index (χ1n) is 10.1. The third-order valence-corrected chi connectivity index (χ3v) is 6.95. The van der Waals surface area contributed by atoms with Gasteiger partial charge < -0.3 is 19.5 Å². The summed E-state index contributed by atoms with van der Waals surface area (Å²) in [6.45, 7) is 0.368. The van der Waals surface area contributed by atoms with Gasteiger partial charge in [0.05, 0.1) is 24.8 Å². The summed E-state index contributed by atoms with van der Waals surface area (Å²) >= 11 is 0. The van der Waals surface area contributed by atoms with Crippen LogP contribution < -0.4 is 14.8 Å². The number of esters is 1. The molecule has 1 aliphatic heterocycles. The summed E-state index contributed by atoms with van der Waals surface area (Å²) in [6, 6.07) is 10.8. The predicted molar refractivity (Wildman–Crippen MR) is 118 cm³/mol. The van der Waals surface area contributed by atoms with Crippen LogP contribution in [0.4, 0.5) is 5.69 Å². The van der Waals surface area contributed by atoms with Gasteiger partial charge in [0.25, 0.3) is 5.91 Å². The minimum absolute atomic E-state index is 0.0570. The lowest BCUT2D eigenvalue weighted by Gasteiger charge is -2.26. The number of hydrogen-bond acceptors (Lipinski definition) is 7. The van der Waals surface area contributed by atoms with Crippen LogP contribution in [0.2, 0.25) is 0 Å². The van der Waals surface area contributed by atoms with Gasteiger partial charge in [-0.2, -0.15) is 4.31 Å². The van der Waals surface area contributed by atoms with Crippen molar-refractivity contribution in [2.45, 2.75) is 24.2 Å². The van der Waals surface area contributed by atoms with Gasteiger partial charge in [-0.15, -0.1) is 0 Å². The number of methoxy groups -OCH3 is 2. The van der Waals surface area contributed by atoms with Crippen LogP contribution in [0.25, 0.3) is 0 Å². The van der Waals surface area contributed by atoms with Crippen LogP contribution in [-0.2, 0) is 19.6 Å². The number of nitrogens with zero attached hydrogens (tertiary/aromatic N) is 1. The zero-order chi connectivity index (χ0) is 23.1. The third-order valence-electron chi connectivity index (χ3n) is 5.06. The molecule has 0 spiro atoms. The lowest BCUT2D eigenvalue weighted by Crippen LogP contribution is -2.35. The fraction of sp³-hybridized carbons (Fsp3) is 0.364. The molecule has 0 aliphatic carbocycles. The molecule has 0 aromatic heterocycles. The van der Waals surface area contributed by atoms with E-state index < -0.39 is 28.5 Å². The number of nitrogens with one attached hydrogen (secondary N) is 1. The standard InChI is InChI=1S/C22H26N2O7S/c1-29-19-9-5-4-8-17(19)22(26)31-15-21(25)23-18-14-16(10-11-20(18)30-2)32(27,28)24-12-6-3-7-13-24/h4-5,8-11,14H,3,6-7,12-13,15H2,1-2H3,(H,23,25). The monoisotopic (exact) mass is 462 g/mol. The molecule has 32 heavy (non-hydrogen) atoms. The summed E-state index contributed by atoms with van der Waals surface area (Å²) in [5.74, 6) is -0.743. The van der Waals surface area contributed by atoms with Crippen molar-refractivity contribution in [1.82, 2.24) is 4.31 Å². The molecule has 1 amide bonds. The van der Waals surface area contributed by atoms with Gasteiger partial charge in [0.2, 0.25) is 10.0 Å². The number of carbonyl (C=O) groups is 2. The number of carbonyl (C=O) groups excluding carboxylic acids is 2. The lowest BCUT2D eigenvalue weighted by molar-refractivity contribution is -0.119. The van der Waals surface area contributed by atoms with Crippen molar-refractivity contribution in [3.05, 3.63) is 48.0 Å². The van der Waals surface area contributed by atoms with Crippen molar-refractivity contribution in [3.63, 3.8) is 0 Å². The van der Waals surface area contributed by atoms with E-state index in [4.69, 9.17) is 14.2 Å². The van der Waals surface area contributed by atoms with Gasteiger partial charge in [0.1, 0.15) is 17.1 Å². The van der Waals surface area contributed by atoms with E-state index in [9.17, 15) is 18.0 Å². The van der Waals surface area contributed by atoms with Crippen LogP contribution in [0.5, 0.6) is 11.5 Å². The maximum Gasteiger partial charge on any atom is 0.342 e. The second-order valence-corrected chi connectivity index (χ2v) is 9.09. The lowest BCUT2D eigenvalue weighted by atomic mass is 10.2. The molecule has 9 nitrogen and oxygen atoms in total. The van der Waals surface area contributed by atoms with Crippen LogP contribution in [0.3, 0.4) is 0 Å². The molecule has 2 aromatic carbocycles. The van der Waals surface area contributed by atoms with Crippen molar-refractivity contribution in [2.24, 2.45) is 0 Å². The minimum atomic E-state index is -3.69. The van der Waals surface area contributed by atoms with Gasteiger partial charge in [-0.1, -0.05) is 18.6 Å². The highest BCUT2D eigenvalue weighted by molar-refractivity contribution is 7.89. The number of rotatable bonds is 8. The Hall–Kier alpha value is -3.11. The molecule has 1 aliphatic rings. The normalized spacial score (nSPS) is 14.4. The number of amides is 1. The third kappa shape index (κ3) is 5.38. The van der Waals surface area contributed by atoms with Crippen molar-refractivity contribution < 1.29 is 32.2 Å². The van der Waals surface area contributed by atoms with Crippen LogP contribution >= 0.6 is 0 Å². The van der Waals surface area contributed by atoms with E-state index in [0.29, 0.717) is 18.8 Å². The largest absolute Gasteiger partial charge is 0.496 e. The van der Waals surface area contributed by atoms with Crippen molar-refractivity contribution >= 4 is 27.6 Å².